The van der Waals surface area contributed by atoms with E-state index < -0.39 is 16.0 Å². The average molecular weight is 422 g/mol. The fraction of sp³-hybridized carbons (Fsp3) is 0.350. The van der Waals surface area contributed by atoms with E-state index in [9.17, 15) is 13.2 Å². The van der Waals surface area contributed by atoms with Gasteiger partial charge in [-0.05, 0) is 30.3 Å². The van der Waals surface area contributed by atoms with E-state index >= 15 is 0 Å². The van der Waals surface area contributed by atoms with Crippen molar-refractivity contribution < 1.29 is 22.7 Å². The molecule has 0 aromatic heterocycles. The number of esters is 1. The summed E-state index contributed by atoms with van der Waals surface area (Å²) >= 11 is 0. The number of benzene rings is 2. The van der Waals surface area contributed by atoms with Crippen LogP contribution in [0, 0.1) is 0 Å². The van der Waals surface area contributed by atoms with E-state index in [0.717, 1.165) is 0 Å². The van der Waals surface area contributed by atoms with Crippen LogP contribution in [0.1, 0.15) is 13.8 Å². The van der Waals surface area contributed by atoms with Gasteiger partial charge in [0.05, 0.1) is 36.2 Å². The van der Waals surface area contributed by atoms with Crippen LogP contribution in [0.25, 0.3) is 0 Å². The standard InChI is InChI=1S/C20H27N3O5S/c1-5-23(6-2)29(25,26)15-11-12-16(18(13-15)21-14-20(24)28-4)22-17-9-7-8-10-19(17)27-3/h7-13,21-22H,5-6,14H2,1-4H3. The lowest BCUT2D eigenvalue weighted by Gasteiger charge is -2.21. The molecule has 0 fully saturated rings. The highest BCUT2D eigenvalue weighted by atomic mass is 32.2. The van der Waals surface area contributed by atoms with Gasteiger partial charge in [-0.1, -0.05) is 26.0 Å². The van der Waals surface area contributed by atoms with Crippen molar-refractivity contribution in [3.05, 3.63) is 42.5 Å². The normalized spacial score (nSPS) is 11.2. The molecule has 0 aliphatic rings. The maximum absolute atomic E-state index is 12.9. The van der Waals surface area contributed by atoms with Gasteiger partial charge in [0.15, 0.2) is 0 Å². The number of anilines is 3. The second-order valence-corrected chi connectivity index (χ2v) is 7.99. The minimum absolute atomic E-state index is 0.105. The Labute approximate surface area is 171 Å². The molecular formula is C20H27N3O5S. The molecule has 9 heteroatoms. The SMILES string of the molecule is CCN(CC)S(=O)(=O)c1ccc(Nc2ccccc2OC)c(NCC(=O)OC)c1. The Bertz CT molecular complexity index is 943. The van der Waals surface area contributed by atoms with Gasteiger partial charge in [0.25, 0.3) is 0 Å². The Morgan fingerprint density at radius 1 is 1.00 bits per heavy atom. The molecule has 2 rings (SSSR count). The zero-order chi connectivity index (χ0) is 21.4. The predicted octanol–water partition coefficient (Wildman–Crippen LogP) is 3.05. The Hall–Kier alpha value is -2.78. The lowest BCUT2D eigenvalue weighted by Crippen LogP contribution is -2.30. The van der Waals surface area contributed by atoms with Crippen molar-refractivity contribution in [2.24, 2.45) is 0 Å². The quantitative estimate of drug-likeness (QED) is 0.569. The maximum Gasteiger partial charge on any atom is 0.325 e. The minimum atomic E-state index is -3.65. The number of nitrogens with zero attached hydrogens (tertiary/aromatic N) is 1. The first-order chi connectivity index (χ1) is 13.9. The van der Waals surface area contributed by atoms with Crippen LogP contribution in [0.4, 0.5) is 17.1 Å². The monoisotopic (exact) mass is 421 g/mol. The zero-order valence-corrected chi connectivity index (χ0v) is 17.9. The summed E-state index contributed by atoms with van der Waals surface area (Å²) in [5.74, 6) is 0.163. The third kappa shape index (κ3) is 5.39. The number of hydrogen-bond donors (Lipinski definition) is 2. The molecule has 0 heterocycles. The number of rotatable bonds is 10. The molecule has 0 atom stereocenters. The highest BCUT2D eigenvalue weighted by Gasteiger charge is 2.23. The fourth-order valence-electron chi connectivity index (χ4n) is 2.78. The van der Waals surface area contributed by atoms with Crippen LogP contribution < -0.4 is 15.4 Å². The van der Waals surface area contributed by atoms with Crippen LogP contribution in [0.15, 0.2) is 47.4 Å². The van der Waals surface area contributed by atoms with E-state index in [-0.39, 0.29) is 11.4 Å². The van der Waals surface area contributed by atoms with Gasteiger partial charge in [-0.3, -0.25) is 4.79 Å². The molecule has 0 aliphatic heterocycles. The molecule has 158 valence electrons. The Balaban J connectivity index is 2.46. The summed E-state index contributed by atoms with van der Waals surface area (Å²) in [4.78, 5) is 11.7. The number of carbonyl (C=O) groups excluding carboxylic acids is 1. The van der Waals surface area contributed by atoms with Crippen LogP contribution in [0.3, 0.4) is 0 Å². The van der Waals surface area contributed by atoms with Crippen molar-refractivity contribution in [1.29, 1.82) is 0 Å². The molecule has 2 aromatic rings. The Morgan fingerprint density at radius 2 is 1.69 bits per heavy atom. The van der Waals surface area contributed by atoms with E-state index in [1.54, 1.807) is 27.0 Å². The molecule has 8 nitrogen and oxygen atoms in total. The van der Waals surface area contributed by atoms with Gasteiger partial charge in [0, 0.05) is 13.1 Å². The molecular weight excluding hydrogens is 394 g/mol. The molecule has 0 saturated carbocycles. The van der Waals surface area contributed by atoms with Crippen molar-refractivity contribution in [3.8, 4) is 5.75 Å². The van der Waals surface area contributed by atoms with Gasteiger partial charge < -0.3 is 20.1 Å². The second-order valence-electron chi connectivity index (χ2n) is 6.05. The predicted molar refractivity (Wildman–Crippen MR) is 113 cm³/mol. The number of carbonyl (C=O) groups is 1. The lowest BCUT2D eigenvalue weighted by atomic mass is 10.2. The van der Waals surface area contributed by atoms with Crippen molar-refractivity contribution in [2.45, 2.75) is 18.7 Å². The van der Waals surface area contributed by atoms with E-state index in [4.69, 9.17) is 4.74 Å². The smallest absolute Gasteiger partial charge is 0.325 e. The first-order valence-electron chi connectivity index (χ1n) is 9.22. The molecule has 0 amide bonds. The Morgan fingerprint density at radius 3 is 2.31 bits per heavy atom. The van der Waals surface area contributed by atoms with Crippen molar-refractivity contribution in [3.63, 3.8) is 0 Å². The summed E-state index contributed by atoms with van der Waals surface area (Å²) in [6.45, 7) is 4.20. The first-order valence-corrected chi connectivity index (χ1v) is 10.7. The number of sulfonamides is 1. The molecule has 29 heavy (non-hydrogen) atoms. The van der Waals surface area contributed by atoms with Crippen LogP contribution in [0.2, 0.25) is 0 Å². The first kappa shape index (κ1) is 22.5. The molecule has 0 spiro atoms. The van der Waals surface area contributed by atoms with Gasteiger partial charge in [-0.15, -0.1) is 0 Å². The Kier molecular flexibility index (Phi) is 7.86. The van der Waals surface area contributed by atoms with E-state index in [2.05, 4.69) is 15.4 Å². The van der Waals surface area contributed by atoms with E-state index in [0.29, 0.717) is 35.9 Å². The van der Waals surface area contributed by atoms with Crippen LogP contribution in [0.5, 0.6) is 5.75 Å². The number of nitrogens with one attached hydrogen (secondary N) is 2. The van der Waals surface area contributed by atoms with Crippen LogP contribution in [-0.4, -0.2) is 52.5 Å². The number of para-hydroxylation sites is 2. The summed E-state index contributed by atoms with van der Waals surface area (Å²) < 4.78 is 37.1. The topological polar surface area (TPSA) is 97.0 Å². The summed E-state index contributed by atoms with van der Waals surface area (Å²) in [6, 6.07) is 12.0. The highest BCUT2D eigenvalue weighted by molar-refractivity contribution is 7.89. The van der Waals surface area contributed by atoms with Crippen LogP contribution in [-0.2, 0) is 19.6 Å². The molecule has 2 N–H and O–H groups in total. The molecule has 0 aliphatic carbocycles. The van der Waals surface area contributed by atoms with Gasteiger partial charge in [-0.2, -0.15) is 4.31 Å². The molecule has 0 radical (unpaired) electrons. The third-order valence-electron chi connectivity index (χ3n) is 4.36. The number of hydrogen-bond acceptors (Lipinski definition) is 7. The van der Waals surface area contributed by atoms with Gasteiger partial charge >= 0.3 is 5.97 Å². The van der Waals surface area contributed by atoms with E-state index in [1.165, 1.54) is 23.5 Å². The van der Waals surface area contributed by atoms with Crippen molar-refractivity contribution in [2.75, 3.05) is 44.5 Å². The summed E-state index contributed by atoms with van der Waals surface area (Å²) in [5, 5.41) is 6.17. The number of ether oxygens (including phenoxy) is 2. The molecule has 0 unspecified atom stereocenters. The average Bonchev–Trinajstić information content (AvgIpc) is 2.73. The van der Waals surface area contributed by atoms with Gasteiger partial charge in [0.2, 0.25) is 10.0 Å². The summed E-state index contributed by atoms with van der Waals surface area (Å²) in [7, 11) is -0.788. The van der Waals surface area contributed by atoms with Gasteiger partial charge in [-0.25, -0.2) is 8.42 Å². The molecule has 2 aromatic carbocycles. The van der Waals surface area contributed by atoms with E-state index in [1.807, 2.05) is 24.3 Å². The van der Waals surface area contributed by atoms with Crippen LogP contribution >= 0.6 is 0 Å². The summed E-state index contributed by atoms with van der Waals surface area (Å²) in [6.07, 6.45) is 0. The van der Waals surface area contributed by atoms with Gasteiger partial charge in [0.1, 0.15) is 12.3 Å². The second kappa shape index (κ2) is 10.1. The van der Waals surface area contributed by atoms with Crippen molar-refractivity contribution in [1.82, 2.24) is 4.31 Å². The van der Waals surface area contributed by atoms with Crippen molar-refractivity contribution >= 4 is 33.1 Å². The molecule has 0 saturated heterocycles. The third-order valence-corrected chi connectivity index (χ3v) is 6.41. The number of methoxy groups -OCH3 is 2. The molecule has 0 bridgehead atoms. The fourth-order valence-corrected chi connectivity index (χ4v) is 4.27. The summed E-state index contributed by atoms with van der Waals surface area (Å²) in [5.41, 5.74) is 1.75. The lowest BCUT2D eigenvalue weighted by molar-refractivity contribution is -0.138. The zero-order valence-electron chi connectivity index (χ0n) is 17.1. The highest BCUT2D eigenvalue weighted by Crippen LogP contribution is 2.33. The maximum atomic E-state index is 12.9. The minimum Gasteiger partial charge on any atom is -0.495 e. The largest absolute Gasteiger partial charge is 0.495 e.